The molecule has 2 N–H and O–H groups in total. The Balaban J connectivity index is 1.99. The first-order chi connectivity index (χ1) is 10.0. The summed E-state index contributed by atoms with van der Waals surface area (Å²) >= 11 is 0. The van der Waals surface area contributed by atoms with Gasteiger partial charge in [-0.2, -0.15) is 0 Å². The third-order valence-electron chi connectivity index (χ3n) is 3.24. The highest BCUT2D eigenvalue weighted by Crippen LogP contribution is 2.10. The third-order valence-corrected chi connectivity index (χ3v) is 3.24. The molecule has 0 saturated carbocycles. The molecule has 21 heavy (non-hydrogen) atoms. The first kappa shape index (κ1) is 15.0. The van der Waals surface area contributed by atoms with E-state index in [1.165, 1.54) is 18.3 Å². The number of amides is 2. The molecule has 0 aliphatic carbocycles. The zero-order valence-electron chi connectivity index (χ0n) is 11.5. The smallest absolute Gasteiger partial charge is 0.354 e. The number of piperazine rings is 1. The number of methoxy groups -OCH3 is 1. The van der Waals surface area contributed by atoms with E-state index >= 15 is 0 Å². The Bertz CT molecular complexity index is 548. The first-order valence-electron chi connectivity index (χ1n) is 6.37. The summed E-state index contributed by atoms with van der Waals surface area (Å²) in [4.78, 5) is 44.2. The van der Waals surface area contributed by atoms with Gasteiger partial charge in [-0.05, 0) is 0 Å². The second-order valence-electron chi connectivity index (χ2n) is 4.54. The van der Waals surface area contributed by atoms with Crippen molar-refractivity contribution < 1.29 is 24.2 Å². The molecule has 1 aliphatic heterocycles. The van der Waals surface area contributed by atoms with Crippen molar-refractivity contribution in [3.05, 3.63) is 17.7 Å². The topological polar surface area (TPSA) is 116 Å². The van der Waals surface area contributed by atoms with Crippen LogP contribution in [0.25, 0.3) is 0 Å². The average molecular weight is 296 g/mol. The number of hydrogen-bond acceptors (Lipinski definition) is 5. The Morgan fingerprint density at radius 1 is 1.29 bits per heavy atom. The number of carboxylic acid groups (broad SMARTS) is 1. The Morgan fingerprint density at radius 2 is 1.90 bits per heavy atom. The van der Waals surface area contributed by atoms with E-state index in [-0.39, 0.29) is 23.9 Å². The standard InChI is InChI=1S/C12H16N4O5/c1-21-6-8(17)15-2-4-16(5-3-15)11(18)9-10(12(19)20)14-7-13-9/h7H,2-6H2,1H3,(H,13,14)(H,19,20). The van der Waals surface area contributed by atoms with Crippen LogP contribution >= 0.6 is 0 Å². The summed E-state index contributed by atoms with van der Waals surface area (Å²) in [6.45, 7) is 1.46. The number of rotatable bonds is 4. The van der Waals surface area contributed by atoms with Gasteiger partial charge in [0.15, 0.2) is 11.4 Å². The number of aromatic amines is 1. The van der Waals surface area contributed by atoms with Gasteiger partial charge in [0, 0.05) is 33.3 Å². The van der Waals surface area contributed by atoms with Crippen LogP contribution in [0.5, 0.6) is 0 Å². The van der Waals surface area contributed by atoms with E-state index in [0.29, 0.717) is 26.2 Å². The summed E-state index contributed by atoms with van der Waals surface area (Å²) in [5.41, 5.74) is -0.336. The molecule has 1 aromatic heterocycles. The van der Waals surface area contributed by atoms with Crippen LogP contribution < -0.4 is 0 Å². The van der Waals surface area contributed by atoms with E-state index in [9.17, 15) is 14.4 Å². The number of aromatic carboxylic acids is 1. The molecular weight excluding hydrogens is 280 g/mol. The number of hydrogen-bond donors (Lipinski definition) is 2. The van der Waals surface area contributed by atoms with E-state index in [4.69, 9.17) is 9.84 Å². The van der Waals surface area contributed by atoms with E-state index < -0.39 is 11.9 Å². The second-order valence-corrected chi connectivity index (χ2v) is 4.54. The summed E-state index contributed by atoms with van der Waals surface area (Å²) in [6, 6.07) is 0. The number of carbonyl (C=O) groups is 3. The molecule has 0 spiro atoms. The molecule has 0 aromatic carbocycles. The minimum absolute atomic E-state index is 0.0104. The summed E-state index contributed by atoms with van der Waals surface area (Å²) in [5.74, 6) is -1.81. The number of H-pyrrole nitrogens is 1. The molecule has 114 valence electrons. The maximum atomic E-state index is 12.2. The van der Waals surface area contributed by atoms with Crippen molar-refractivity contribution in [2.24, 2.45) is 0 Å². The fourth-order valence-electron chi connectivity index (χ4n) is 2.14. The predicted octanol–water partition coefficient (Wildman–Crippen LogP) is -0.961. The molecular formula is C12H16N4O5. The minimum Gasteiger partial charge on any atom is -0.477 e. The Morgan fingerprint density at radius 3 is 2.48 bits per heavy atom. The molecule has 1 saturated heterocycles. The number of aromatic nitrogens is 2. The van der Waals surface area contributed by atoms with Gasteiger partial charge in [0.05, 0.1) is 6.33 Å². The lowest BCUT2D eigenvalue weighted by Crippen LogP contribution is -2.51. The van der Waals surface area contributed by atoms with Crippen LogP contribution in [-0.4, -0.2) is 82.6 Å². The van der Waals surface area contributed by atoms with E-state index in [1.807, 2.05) is 0 Å². The van der Waals surface area contributed by atoms with Gasteiger partial charge in [0.25, 0.3) is 5.91 Å². The molecule has 0 bridgehead atoms. The van der Waals surface area contributed by atoms with Gasteiger partial charge in [-0.3, -0.25) is 9.59 Å². The van der Waals surface area contributed by atoms with E-state index in [1.54, 1.807) is 4.90 Å². The highest BCUT2D eigenvalue weighted by atomic mass is 16.5. The van der Waals surface area contributed by atoms with E-state index in [0.717, 1.165) is 0 Å². The third kappa shape index (κ3) is 3.19. The monoisotopic (exact) mass is 296 g/mol. The molecule has 1 fully saturated rings. The summed E-state index contributed by atoms with van der Waals surface area (Å²) in [5, 5.41) is 8.97. The van der Waals surface area contributed by atoms with Crippen LogP contribution in [0.3, 0.4) is 0 Å². The Hall–Kier alpha value is -2.42. The normalized spacial score (nSPS) is 15.1. The molecule has 2 rings (SSSR count). The number of ether oxygens (including phenoxy) is 1. The summed E-state index contributed by atoms with van der Waals surface area (Å²) in [6.07, 6.45) is 1.18. The van der Waals surface area contributed by atoms with Gasteiger partial charge in [0.2, 0.25) is 5.91 Å². The highest BCUT2D eigenvalue weighted by molar-refractivity contribution is 6.02. The van der Waals surface area contributed by atoms with Crippen molar-refractivity contribution in [1.29, 1.82) is 0 Å². The van der Waals surface area contributed by atoms with Gasteiger partial charge in [-0.25, -0.2) is 9.78 Å². The van der Waals surface area contributed by atoms with Gasteiger partial charge in [-0.15, -0.1) is 0 Å². The molecule has 0 atom stereocenters. The minimum atomic E-state index is -1.23. The molecule has 0 unspecified atom stereocenters. The number of nitrogens with one attached hydrogen (secondary N) is 1. The lowest BCUT2D eigenvalue weighted by molar-refractivity contribution is -0.136. The SMILES string of the molecule is COCC(=O)N1CCN(C(=O)c2nc[nH]c2C(=O)O)CC1. The fraction of sp³-hybridized carbons (Fsp3) is 0.500. The quantitative estimate of drug-likeness (QED) is 0.739. The summed E-state index contributed by atoms with van der Waals surface area (Å²) < 4.78 is 4.78. The largest absolute Gasteiger partial charge is 0.477 e. The van der Waals surface area contributed by atoms with Crippen molar-refractivity contribution in [3.63, 3.8) is 0 Å². The van der Waals surface area contributed by atoms with Gasteiger partial charge in [0.1, 0.15) is 6.61 Å². The lowest BCUT2D eigenvalue weighted by atomic mass is 10.2. The maximum Gasteiger partial charge on any atom is 0.354 e. The van der Waals surface area contributed by atoms with Crippen LogP contribution in [0.2, 0.25) is 0 Å². The molecule has 9 nitrogen and oxygen atoms in total. The van der Waals surface area contributed by atoms with Crippen LogP contribution in [-0.2, 0) is 9.53 Å². The number of carboxylic acids is 1. The molecule has 2 amide bonds. The maximum absolute atomic E-state index is 12.2. The van der Waals surface area contributed by atoms with Crippen molar-refractivity contribution in [3.8, 4) is 0 Å². The van der Waals surface area contributed by atoms with Crippen molar-refractivity contribution >= 4 is 17.8 Å². The zero-order chi connectivity index (χ0) is 15.4. The number of imidazole rings is 1. The Labute approximate surface area is 120 Å². The van der Waals surface area contributed by atoms with Crippen LogP contribution in [0.4, 0.5) is 0 Å². The van der Waals surface area contributed by atoms with Crippen LogP contribution in [0, 0.1) is 0 Å². The van der Waals surface area contributed by atoms with Gasteiger partial charge >= 0.3 is 5.97 Å². The molecule has 1 aliphatic rings. The first-order valence-corrected chi connectivity index (χ1v) is 6.37. The molecule has 9 heteroatoms. The fourth-order valence-corrected chi connectivity index (χ4v) is 2.14. The van der Waals surface area contributed by atoms with Crippen molar-refractivity contribution in [2.45, 2.75) is 0 Å². The van der Waals surface area contributed by atoms with Gasteiger partial charge in [-0.1, -0.05) is 0 Å². The predicted molar refractivity (Wildman–Crippen MR) is 69.9 cm³/mol. The average Bonchev–Trinajstić information content (AvgIpc) is 2.96. The molecule has 2 heterocycles. The van der Waals surface area contributed by atoms with Crippen molar-refractivity contribution in [1.82, 2.24) is 19.8 Å². The zero-order valence-corrected chi connectivity index (χ0v) is 11.5. The van der Waals surface area contributed by atoms with Crippen LogP contribution in [0.15, 0.2) is 6.33 Å². The number of nitrogens with zero attached hydrogens (tertiary/aromatic N) is 3. The summed E-state index contributed by atoms with van der Waals surface area (Å²) in [7, 11) is 1.45. The second kappa shape index (κ2) is 6.35. The van der Waals surface area contributed by atoms with Crippen molar-refractivity contribution in [2.75, 3.05) is 39.9 Å². The Kier molecular flexibility index (Phi) is 4.53. The molecule has 0 radical (unpaired) electrons. The van der Waals surface area contributed by atoms with E-state index in [2.05, 4.69) is 9.97 Å². The lowest BCUT2D eigenvalue weighted by Gasteiger charge is -2.34. The van der Waals surface area contributed by atoms with Crippen LogP contribution in [0.1, 0.15) is 21.0 Å². The van der Waals surface area contributed by atoms with Gasteiger partial charge < -0.3 is 24.6 Å². The number of carbonyl (C=O) groups excluding carboxylic acids is 2. The molecule has 1 aromatic rings. The highest BCUT2D eigenvalue weighted by Gasteiger charge is 2.28.